The fourth-order valence-electron chi connectivity index (χ4n) is 10.6. The highest BCUT2D eigenvalue weighted by atomic mass is 16.7. The minimum Gasteiger partial charge on any atom is -0.394 e. The van der Waals surface area contributed by atoms with Gasteiger partial charge >= 0.3 is 0 Å². The number of carbonyl (C=O) groups is 1. The van der Waals surface area contributed by atoms with Crippen molar-refractivity contribution in [2.24, 2.45) is 0 Å². The van der Waals surface area contributed by atoms with E-state index >= 15 is 0 Å². The Morgan fingerprint density at radius 2 is 0.769 bits per heavy atom. The van der Waals surface area contributed by atoms with Crippen molar-refractivity contribution < 1.29 is 64.6 Å². The van der Waals surface area contributed by atoms with Crippen LogP contribution in [0.5, 0.6) is 0 Å². The first-order chi connectivity index (χ1) is 44.6. The number of amides is 1. The van der Waals surface area contributed by atoms with Crippen molar-refractivity contribution in [2.45, 2.75) is 312 Å². The fourth-order valence-corrected chi connectivity index (χ4v) is 10.6. The van der Waals surface area contributed by atoms with Crippen molar-refractivity contribution in [3.8, 4) is 0 Å². The van der Waals surface area contributed by atoms with Crippen molar-refractivity contribution in [3.05, 3.63) is 146 Å². The molecule has 91 heavy (non-hydrogen) atoms. The topological polar surface area (TPSA) is 228 Å². The summed E-state index contributed by atoms with van der Waals surface area (Å²) in [5.74, 6) is -0.296. The summed E-state index contributed by atoms with van der Waals surface area (Å²) in [5.41, 5.74) is 0. The van der Waals surface area contributed by atoms with Gasteiger partial charge in [-0.15, -0.1) is 0 Å². The highest BCUT2D eigenvalue weighted by Gasteiger charge is 2.51. The number of aliphatic hydroxyl groups excluding tert-OH is 8. The molecule has 518 valence electrons. The van der Waals surface area contributed by atoms with Crippen LogP contribution in [0.2, 0.25) is 0 Å². The average Bonchev–Trinajstić information content (AvgIpc) is 1.28. The first kappa shape index (κ1) is 83.0. The molecule has 0 aromatic heterocycles. The molecule has 14 heteroatoms. The number of carbonyl (C=O) groups excluding carboxylic acids is 1. The van der Waals surface area contributed by atoms with Crippen LogP contribution in [0.25, 0.3) is 0 Å². The summed E-state index contributed by atoms with van der Waals surface area (Å²) in [7, 11) is 0. The van der Waals surface area contributed by atoms with Crippen molar-refractivity contribution in [1.82, 2.24) is 5.32 Å². The van der Waals surface area contributed by atoms with Gasteiger partial charge in [0, 0.05) is 6.42 Å². The number of nitrogens with one attached hydrogen (secondary N) is 1. The Hall–Kier alpha value is -4.13. The molecule has 2 aliphatic rings. The molecule has 0 aromatic rings. The van der Waals surface area contributed by atoms with Crippen LogP contribution in [-0.4, -0.2) is 140 Å². The molecule has 2 heterocycles. The zero-order chi connectivity index (χ0) is 65.9. The highest BCUT2D eigenvalue weighted by molar-refractivity contribution is 5.76. The van der Waals surface area contributed by atoms with Crippen LogP contribution in [0.15, 0.2) is 146 Å². The van der Waals surface area contributed by atoms with Gasteiger partial charge in [-0.05, 0) is 109 Å². The number of aliphatic hydroxyl groups is 8. The molecule has 12 atom stereocenters. The largest absolute Gasteiger partial charge is 0.394 e. The Morgan fingerprint density at radius 1 is 0.407 bits per heavy atom. The lowest BCUT2D eigenvalue weighted by Crippen LogP contribution is -2.65. The summed E-state index contributed by atoms with van der Waals surface area (Å²) in [4.78, 5) is 13.3. The second-order valence-corrected chi connectivity index (χ2v) is 24.3. The molecule has 0 aliphatic carbocycles. The number of rotatable bonds is 56. The smallest absolute Gasteiger partial charge is 0.220 e. The summed E-state index contributed by atoms with van der Waals surface area (Å²) >= 11 is 0. The van der Waals surface area contributed by atoms with Crippen molar-refractivity contribution in [3.63, 3.8) is 0 Å². The van der Waals surface area contributed by atoms with E-state index in [9.17, 15) is 45.6 Å². The van der Waals surface area contributed by atoms with Gasteiger partial charge in [-0.3, -0.25) is 4.79 Å². The quantitative estimate of drug-likeness (QED) is 0.0204. The zero-order valence-corrected chi connectivity index (χ0v) is 56.3. The predicted molar refractivity (Wildman–Crippen MR) is 373 cm³/mol. The molecule has 2 rings (SSSR count). The Labute approximate surface area is 551 Å². The van der Waals surface area contributed by atoms with Crippen LogP contribution in [0.1, 0.15) is 239 Å². The lowest BCUT2D eigenvalue weighted by Gasteiger charge is -2.46. The van der Waals surface area contributed by atoms with Gasteiger partial charge in [0.2, 0.25) is 5.91 Å². The lowest BCUT2D eigenvalue weighted by atomic mass is 9.97. The standard InChI is InChI=1S/C77H127NO13/c1-3-5-7-9-11-13-15-17-19-21-23-25-27-29-30-31-32-33-34-35-36-37-39-41-43-45-47-49-51-53-55-57-59-61-69(82)78-65(64-88-76-74(87)72(85)75(68(63-80)90-76)91-77-73(86)71(84)70(83)67(62-79)89-77)66(81)60-58-56-54-52-50-48-46-44-42-40-38-28-26-24-22-20-18-16-14-12-10-8-6-4-2/h5,7,11,13,17,19,23,25,29-30,32-33,35-36,39,41,45,47,50-53,58,60,65-68,70-77,79-81,83-87H,3-4,6,8-10,12,14-16,18,20-22,24,26-28,31,34,37-38,40,42-44,46,48-49,54-57,59,61-64H2,1-2H3,(H,78,82)/b7-5-,13-11-,19-17-,25-23-,30-29-,33-32-,36-35-,41-39-,47-45-,52-50+,53-51-,60-58+. The zero-order valence-electron chi connectivity index (χ0n) is 56.3. The first-order valence-electron chi connectivity index (χ1n) is 35.6. The number of ether oxygens (including phenoxy) is 4. The molecule has 12 unspecified atom stereocenters. The van der Waals surface area contributed by atoms with Crippen molar-refractivity contribution >= 4 is 5.91 Å². The number of hydrogen-bond acceptors (Lipinski definition) is 13. The minimum absolute atomic E-state index is 0.208. The van der Waals surface area contributed by atoms with E-state index in [4.69, 9.17) is 18.9 Å². The number of unbranched alkanes of at least 4 members (excludes halogenated alkanes) is 21. The highest BCUT2D eigenvalue weighted by Crippen LogP contribution is 2.30. The average molecular weight is 1270 g/mol. The molecule has 0 radical (unpaired) electrons. The molecule has 1 amide bonds. The van der Waals surface area contributed by atoms with Crippen LogP contribution in [0.4, 0.5) is 0 Å². The summed E-state index contributed by atoms with van der Waals surface area (Å²) in [6, 6.07) is -0.968. The molecule has 2 fully saturated rings. The predicted octanol–water partition coefficient (Wildman–Crippen LogP) is 14.8. The molecular formula is C77H127NO13. The Bertz CT molecular complexity index is 2090. The molecule has 0 bridgehead atoms. The van der Waals surface area contributed by atoms with E-state index in [1.165, 1.54) is 116 Å². The second kappa shape index (κ2) is 59.6. The molecule has 0 spiro atoms. The lowest BCUT2D eigenvalue weighted by molar-refractivity contribution is -0.359. The molecule has 0 aromatic carbocycles. The van der Waals surface area contributed by atoms with Gasteiger partial charge in [0.1, 0.15) is 48.8 Å². The normalized spacial score (nSPS) is 23.7. The van der Waals surface area contributed by atoms with Gasteiger partial charge in [0.25, 0.3) is 0 Å². The van der Waals surface area contributed by atoms with Crippen LogP contribution in [-0.2, 0) is 23.7 Å². The maximum atomic E-state index is 13.3. The van der Waals surface area contributed by atoms with Gasteiger partial charge in [-0.25, -0.2) is 0 Å². The van der Waals surface area contributed by atoms with Crippen molar-refractivity contribution in [1.29, 1.82) is 0 Å². The summed E-state index contributed by atoms with van der Waals surface area (Å²) in [6.45, 7) is 2.64. The Kier molecular flexibility index (Phi) is 54.3. The molecule has 2 saturated heterocycles. The Balaban J connectivity index is 1.73. The maximum Gasteiger partial charge on any atom is 0.220 e. The van der Waals surface area contributed by atoms with Gasteiger partial charge in [0.05, 0.1) is 32.0 Å². The van der Waals surface area contributed by atoms with E-state index in [2.05, 4.69) is 153 Å². The van der Waals surface area contributed by atoms with Gasteiger partial charge in [-0.2, -0.15) is 0 Å². The molecular weight excluding hydrogens is 1150 g/mol. The van der Waals surface area contributed by atoms with E-state index < -0.39 is 86.8 Å². The van der Waals surface area contributed by atoms with E-state index in [1.807, 2.05) is 6.08 Å². The van der Waals surface area contributed by atoms with Crippen LogP contribution in [0, 0.1) is 0 Å². The second-order valence-electron chi connectivity index (χ2n) is 24.3. The summed E-state index contributed by atoms with van der Waals surface area (Å²) < 4.78 is 22.8. The third kappa shape index (κ3) is 43.5. The maximum absolute atomic E-state index is 13.3. The third-order valence-corrected chi connectivity index (χ3v) is 16.3. The summed E-state index contributed by atoms with van der Waals surface area (Å²) in [6.07, 6.45) is 73.3. The third-order valence-electron chi connectivity index (χ3n) is 16.3. The number of hydrogen-bond donors (Lipinski definition) is 9. The van der Waals surface area contributed by atoms with E-state index in [0.29, 0.717) is 12.8 Å². The molecule has 2 aliphatic heterocycles. The van der Waals surface area contributed by atoms with Crippen LogP contribution < -0.4 is 5.32 Å². The van der Waals surface area contributed by atoms with E-state index in [0.717, 1.165) is 89.9 Å². The van der Waals surface area contributed by atoms with Gasteiger partial charge in [0.15, 0.2) is 12.6 Å². The first-order valence-corrected chi connectivity index (χ1v) is 35.6. The number of allylic oxidation sites excluding steroid dienone is 23. The fraction of sp³-hybridized carbons (Fsp3) is 0.675. The molecule has 14 nitrogen and oxygen atoms in total. The molecule has 0 saturated carbocycles. The Morgan fingerprint density at radius 3 is 1.21 bits per heavy atom. The summed E-state index contributed by atoms with van der Waals surface area (Å²) in [5, 5.41) is 87.4. The van der Waals surface area contributed by atoms with Crippen LogP contribution >= 0.6 is 0 Å². The SMILES string of the molecule is CC/C=C\C/C=C\C/C=C\C/C=C\C/C=C\C/C=C\C/C=C\C/C=C\C/C=C\C/C=C\CCCCC(=O)NC(COC1OC(CO)C(OC2OC(CO)C(O)C(O)C2O)C(O)C1O)C(O)/C=C/CC/C=C/CCCCCCCCCCCCCCCCCCCC. The van der Waals surface area contributed by atoms with Crippen molar-refractivity contribution in [2.75, 3.05) is 19.8 Å². The monoisotopic (exact) mass is 1270 g/mol. The van der Waals surface area contributed by atoms with E-state index in [-0.39, 0.29) is 18.9 Å². The van der Waals surface area contributed by atoms with Gasteiger partial charge < -0.3 is 65.1 Å². The molecule has 9 N–H and O–H groups in total. The van der Waals surface area contributed by atoms with E-state index in [1.54, 1.807) is 6.08 Å². The van der Waals surface area contributed by atoms with Crippen LogP contribution in [0.3, 0.4) is 0 Å². The minimum atomic E-state index is -1.80. The van der Waals surface area contributed by atoms with Gasteiger partial charge in [-0.1, -0.05) is 269 Å².